The van der Waals surface area contributed by atoms with Crippen molar-refractivity contribution in [3.63, 3.8) is 0 Å². The fourth-order valence-electron chi connectivity index (χ4n) is 5.39. The standard InChI is InChI=1S/C37H26N4O3/c1-22-12-28(13-23(2)36(22)43-32-9-7-26(18-38)30(16-32)20-40)35(34-6-5-11-42-34)29-14-24(3)37(25(4)15-29)44-33-10-8-27(19-39)31(17-33)21-41/h5-17,35H,1-4H3. The lowest BCUT2D eigenvalue weighted by molar-refractivity contribution is 0.472. The molecule has 4 aromatic carbocycles. The van der Waals surface area contributed by atoms with Crippen LogP contribution in [0.1, 0.15) is 67.3 Å². The van der Waals surface area contributed by atoms with Gasteiger partial charge in [0.25, 0.3) is 0 Å². The first-order chi connectivity index (χ1) is 21.3. The Kier molecular flexibility index (Phi) is 8.17. The molecule has 0 spiro atoms. The van der Waals surface area contributed by atoms with E-state index >= 15 is 0 Å². The first kappa shape index (κ1) is 29.2. The highest BCUT2D eigenvalue weighted by Crippen LogP contribution is 2.40. The van der Waals surface area contributed by atoms with E-state index in [-0.39, 0.29) is 17.0 Å². The van der Waals surface area contributed by atoms with Crippen LogP contribution >= 0.6 is 0 Å². The van der Waals surface area contributed by atoms with Crippen molar-refractivity contribution < 1.29 is 13.9 Å². The zero-order chi connectivity index (χ0) is 31.4. The number of nitriles is 4. The van der Waals surface area contributed by atoms with Crippen LogP contribution < -0.4 is 9.47 Å². The van der Waals surface area contributed by atoms with E-state index in [1.54, 1.807) is 42.7 Å². The molecular weight excluding hydrogens is 548 g/mol. The number of rotatable bonds is 7. The lowest BCUT2D eigenvalue weighted by Crippen LogP contribution is -2.06. The molecule has 5 aromatic rings. The first-order valence-electron chi connectivity index (χ1n) is 13.8. The second kappa shape index (κ2) is 12.3. The maximum absolute atomic E-state index is 9.42. The quantitative estimate of drug-likeness (QED) is 0.190. The predicted octanol–water partition coefficient (Wildman–Crippen LogP) is 8.76. The summed E-state index contributed by atoms with van der Waals surface area (Å²) in [6, 6.07) is 29.9. The summed E-state index contributed by atoms with van der Waals surface area (Å²) in [5.41, 5.74) is 6.77. The Balaban J connectivity index is 1.52. The second-order valence-corrected chi connectivity index (χ2v) is 10.5. The Labute approximate surface area is 256 Å². The molecule has 0 aliphatic rings. The van der Waals surface area contributed by atoms with Crippen molar-refractivity contribution in [3.05, 3.63) is 140 Å². The molecule has 0 aliphatic heterocycles. The molecule has 0 N–H and O–H groups in total. The van der Waals surface area contributed by atoms with Crippen LogP contribution in [-0.4, -0.2) is 0 Å². The maximum Gasteiger partial charge on any atom is 0.133 e. The molecule has 0 radical (unpaired) electrons. The topological polar surface area (TPSA) is 127 Å². The molecule has 0 unspecified atom stereocenters. The Morgan fingerprint density at radius 3 is 1.30 bits per heavy atom. The first-order valence-corrected chi connectivity index (χ1v) is 13.8. The van der Waals surface area contributed by atoms with E-state index in [9.17, 15) is 21.0 Å². The molecule has 7 heteroatoms. The van der Waals surface area contributed by atoms with Crippen LogP contribution in [0.25, 0.3) is 0 Å². The highest BCUT2D eigenvalue weighted by Gasteiger charge is 2.24. The highest BCUT2D eigenvalue weighted by molar-refractivity contribution is 5.56. The van der Waals surface area contributed by atoms with Crippen LogP contribution in [-0.2, 0) is 0 Å². The van der Waals surface area contributed by atoms with Gasteiger partial charge in [0.15, 0.2) is 0 Å². The predicted molar refractivity (Wildman–Crippen MR) is 163 cm³/mol. The number of furan rings is 1. The molecule has 212 valence electrons. The van der Waals surface area contributed by atoms with Gasteiger partial charge in [-0.2, -0.15) is 21.0 Å². The fraction of sp³-hybridized carbons (Fsp3) is 0.135. The molecule has 1 heterocycles. The minimum atomic E-state index is -0.219. The lowest BCUT2D eigenvalue weighted by atomic mass is 9.85. The van der Waals surface area contributed by atoms with Crippen molar-refractivity contribution >= 4 is 0 Å². The van der Waals surface area contributed by atoms with E-state index < -0.39 is 0 Å². The molecule has 1 aromatic heterocycles. The van der Waals surface area contributed by atoms with Crippen molar-refractivity contribution in [2.45, 2.75) is 33.6 Å². The van der Waals surface area contributed by atoms with Crippen molar-refractivity contribution in [2.24, 2.45) is 0 Å². The van der Waals surface area contributed by atoms with Crippen LogP contribution in [0, 0.1) is 73.0 Å². The normalized spacial score (nSPS) is 10.4. The zero-order valence-corrected chi connectivity index (χ0v) is 24.6. The molecule has 0 fully saturated rings. The number of aryl methyl sites for hydroxylation is 4. The van der Waals surface area contributed by atoms with E-state index in [4.69, 9.17) is 13.9 Å². The van der Waals surface area contributed by atoms with Crippen molar-refractivity contribution in [1.29, 1.82) is 21.0 Å². The third kappa shape index (κ3) is 5.73. The summed E-state index contributed by atoms with van der Waals surface area (Å²) in [5, 5.41) is 37.3. The fourth-order valence-corrected chi connectivity index (χ4v) is 5.39. The summed E-state index contributed by atoms with van der Waals surface area (Å²) >= 11 is 0. The van der Waals surface area contributed by atoms with Crippen LogP contribution in [0.15, 0.2) is 83.5 Å². The van der Waals surface area contributed by atoms with Crippen molar-refractivity contribution in [1.82, 2.24) is 0 Å². The smallest absolute Gasteiger partial charge is 0.133 e. The van der Waals surface area contributed by atoms with Crippen LogP contribution in [0.5, 0.6) is 23.0 Å². The van der Waals surface area contributed by atoms with Gasteiger partial charge in [0.1, 0.15) is 53.0 Å². The summed E-state index contributed by atoms with van der Waals surface area (Å²) < 4.78 is 18.4. The molecule has 0 aliphatic carbocycles. The lowest BCUT2D eigenvalue weighted by Gasteiger charge is -2.22. The number of hydrogen-bond acceptors (Lipinski definition) is 7. The molecule has 44 heavy (non-hydrogen) atoms. The number of ether oxygens (including phenoxy) is 2. The van der Waals surface area contributed by atoms with E-state index in [2.05, 4.69) is 24.3 Å². The van der Waals surface area contributed by atoms with Gasteiger partial charge in [0.05, 0.1) is 34.4 Å². The van der Waals surface area contributed by atoms with E-state index in [0.717, 1.165) is 39.1 Å². The molecule has 0 saturated heterocycles. The zero-order valence-electron chi connectivity index (χ0n) is 24.6. The average molecular weight is 575 g/mol. The summed E-state index contributed by atoms with van der Waals surface area (Å²) in [6.45, 7) is 7.89. The Bertz CT molecular complexity index is 1890. The number of nitrogens with zero attached hydrogens (tertiary/aromatic N) is 4. The van der Waals surface area contributed by atoms with Crippen molar-refractivity contribution in [2.75, 3.05) is 0 Å². The van der Waals surface area contributed by atoms with Crippen LogP contribution in [0.2, 0.25) is 0 Å². The molecule has 0 atom stereocenters. The van der Waals surface area contributed by atoms with Crippen molar-refractivity contribution in [3.8, 4) is 47.3 Å². The molecule has 5 rings (SSSR count). The minimum Gasteiger partial charge on any atom is -0.468 e. The van der Waals surface area contributed by atoms with Gasteiger partial charge in [0.2, 0.25) is 0 Å². The van der Waals surface area contributed by atoms with E-state index in [1.165, 1.54) is 0 Å². The molecule has 0 bridgehead atoms. The van der Waals surface area contributed by atoms with Gasteiger partial charge >= 0.3 is 0 Å². The molecule has 0 saturated carbocycles. The van der Waals surface area contributed by atoms with Crippen LogP contribution in [0.3, 0.4) is 0 Å². The van der Waals surface area contributed by atoms with Gasteiger partial charge in [-0.25, -0.2) is 0 Å². The van der Waals surface area contributed by atoms with Gasteiger partial charge in [-0.1, -0.05) is 24.3 Å². The third-order valence-electron chi connectivity index (χ3n) is 7.36. The molecular formula is C37H26N4O3. The molecule has 0 amide bonds. The minimum absolute atomic E-state index is 0.219. The van der Waals surface area contributed by atoms with E-state index in [1.807, 2.05) is 64.1 Å². The van der Waals surface area contributed by atoms with Gasteiger partial charge in [0, 0.05) is 0 Å². The summed E-state index contributed by atoms with van der Waals surface area (Å²) in [4.78, 5) is 0. The second-order valence-electron chi connectivity index (χ2n) is 10.5. The SMILES string of the molecule is Cc1cc(C(c2cc(C)c(Oc3ccc(C#N)c(C#N)c3)c(C)c2)c2ccco2)cc(C)c1Oc1ccc(C#N)c(C#N)c1. The highest BCUT2D eigenvalue weighted by atomic mass is 16.5. The van der Waals surface area contributed by atoms with E-state index in [0.29, 0.717) is 34.1 Å². The van der Waals surface area contributed by atoms with Crippen LogP contribution in [0.4, 0.5) is 0 Å². The molecule has 7 nitrogen and oxygen atoms in total. The third-order valence-corrected chi connectivity index (χ3v) is 7.36. The summed E-state index contributed by atoms with van der Waals surface area (Å²) in [5.74, 6) is 2.87. The van der Waals surface area contributed by atoms with Gasteiger partial charge < -0.3 is 13.9 Å². The van der Waals surface area contributed by atoms with Gasteiger partial charge in [-0.15, -0.1) is 0 Å². The largest absolute Gasteiger partial charge is 0.468 e. The summed E-state index contributed by atoms with van der Waals surface area (Å²) in [7, 11) is 0. The Morgan fingerprint density at radius 2 is 0.955 bits per heavy atom. The number of benzene rings is 4. The Hall–Kier alpha value is -6.28. The Morgan fingerprint density at radius 1 is 0.545 bits per heavy atom. The average Bonchev–Trinajstić information content (AvgIpc) is 3.55. The maximum atomic E-state index is 9.42. The number of hydrogen-bond donors (Lipinski definition) is 0. The summed E-state index contributed by atoms with van der Waals surface area (Å²) in [6.07, 6.45) is 1.66. The monoisotopic (exact) mass is 574 g/mol. The van der Waals surface area contributed by atoms with Gasteiger partial charge in [-0.3, -0.25) is 0 Å². The van der Waals surface area contributed by atoms with Gasteiger partial charge in [-0.05, 0) is 110 Å².